The molecule has 0 atom stereocenters. The maximum Gasteiger partial charge on any atom is 0.287 e. The number of nitrogens with zero attached hydrogens (tertiary/aromatic N) is 5. The van der Waals surface area contributed by atoms with Crippen LogP contribution in [0, 0.1) is 0 Å². The second-order valence-corrected chi connectivity index (χ2v) is 6.94. The van der Waals surface area contributed by atoms with Crippen LogP contribution in [-0.2, 0) is 20.0 Å². The SMILES string of the molecule is CCc1nc(CN2CCN(c3cnn(C)c(=O)c3Cl)CC2)cs1. The van der Waals surface area contributed by atoms with Gasteiger partial charge in [0.15, 0.2) is 0 Å². The lowest BCUT2D eigenvalue weighted by Crippen LogP contribution is -2.46. The Morgan fingerprint density at radius 1 is 1.30 bits per heavy atom. The molecule has 8 heteroatoms. The van der Waals surface area contributed by atoms with Crippen molar-refractivity contribution in [2.24, 2.45) is 7.05 Å². The van der Waals surface area contributed by atoms with E-state index in [1.807, 2.05) is 0 Å². The summed E-state index contributed by atoms with van der Waals surface area (Å²) in [6, 6.07) is 0. The molecule has 2 aromatic heterocycles. The van der Waals surface area contributed by atoms with Crippen LogP contribution in [0.2, 0.25) is 5.02 Å². The first-order chi connectivity index (χ1) is 11.1. The number of aromatic nitrogens is 3. The molecule has 3 rings (SSSR count). The van der Waals surface area contributed by atoms with Crippen LogP contribution in [-0.4, -0.2) is 45.8 Å². The van der Waals surface area contributed by atoms with Crippen LogP contribution in [0.25, 0.3) is 0 Å². The standard InChI is InChI=1S/C15H20ClN5OS/c1-3-13-18-11(10-23-13)9-20-4-6-21(7-5-20)12-8-17-19(2)15(22)14(12)16/h8,10H,3-7,9H2,1-2H3. The number of anilines is 1. The van der Waals surface area contributed by atoms with E-state index in [1.54, 1.807) is 24.6 Å². The molecule has 0 aromatic carbocycles. The Kier molecular flexibility index (Phi) is 4.99. The van der Waals surface area contributed by atoms with Gasteiger partial charge in [-0.2, -0.15) is 5.10 Å². The molecular weight excluding hydrogens is 334 g/mol. The van der Waals surface area contributed by atoms with E-state index in [1.165, 1.54) is 9.69 Å². The van der Waals surface area contributed by atoms with Gasteiger partial charge in [-0.25, -0.2) is 9.67 Å². The lowest BCUT2D eigenvalue weighted by molar-refractivity contribution is 0.247. The van der Waals surface area contributed by atoms with Crippen LogP contribution in [0.3, 0.4) is 0 Å². The molecule has 0 radical (unpaired) electrons. The smallest absolute Gasteiger partial charge is 0.287 e. The van der Waals surface area contributed by atoms with E-state index < -0.39 is 0 Å². The van der Waals surface area contributed by atoms with Crippen molar-refractivity contribution in [1.29, 1.82) is 0 Å². The Morgan fingerprint density at radius 3 is 2.70 bits per heavy atom. The summed E-state index contributed by atoms with van der Waals surface area (Å²) in [7, 11) is 1.61. The number of rotatable bonds is 4. The third-order valence-corrected chi connectivity index (χ3v) is 5.46. The van der Waals surface area contributed by atoms with E-state index in [4.69, 9.17) is 11.6 Å². The number of halogens is 1. The van der Waals surface area contributed by atoms with E-state index in [9.17, 15) is 4.79 Å². The number of hydrogen-bond acceptors (Lipinski definition) is 6. The van der Waals surface area contributed by atoms with Crippen molar-refractivity contribution in [2.45, 2.75) is 19.9 Å². The van der Waals surface area contributed by atoms with Crippen LogP contribution >= 0.6 is 22.9 Å². The third kappa shape index (κ3) is 3.57. The van der Waals surface area contributed by atoms with Crippen LogP contribution in [0.5, 0.6) is 0 Å². The van der Waals surface area contributed by atoms with E-state index >= 15 is 0 Å². The van der Waals surface area contributed by atoms with Crippen molar-refractivity contribution < 1.29 is 0 Å². The molecule has 0 amide bonds. The lowest BCUT2D eigenvalue weighted by atomic mass is 10.2. The molecule has 0 aliphatic carbocycles. The molecule has 1 fully saturated rings. The molecule has 124 valence electrons. The lowest BCUT2D eigenvalue weighted by Gasteiger charge is -2.35. The molecule has 0 N–H and O–H groups in total. The Morgan fingerprint density at radius 2 is 2.04 bits per heavy atom. The van der Waals surface area contributed by atoms with Crippen molar-refractivity contribution in [1.82, 2.24) is 19.7 Å². The molecule has 1 aliphatic heterocycles. The zero-order valence-corrected chi connectivity index (χ0v) is 14.9. The minimum atomic E-state index is -0.249. The van der Waals surface area contributed by atoms with Crippen LogP contribution < -0.4 is 10.5 Å². The van der Waals surface area contributed by atoms with Gasteiger partial charge in [0.25, 0.3) is 5.56 Å². The first-order valence-corrected chi connectivity index (χ1v) is 8.96. The summed E-state index contributed by atoms with van der Waals surface area (Å²) in [4.78, 5) is 21.0. The average Bonchev–Trinajstić information content (AvgIpc) is 3.01. The van der Waals surface area contributed by atoms with Crippen molar-refractivity contribution in [3.63, 3.8) is 0 Å². The minimum Gasteiger partial charge on any atom is -0.366 e. The van der Waals surface area contributed by atoms with Crippen molar-refractivity contribution >= 4 is 28.6 Å². The van der Waals surface area contributed by atoms with Gasteiger partial charge in [0.2, 0.25) is 0 Å². The third-order valence-electron chi connectivity index (χ3n) is 4.06. The molecular formula is C15H20ClN5OS. The molecule has 3 heterocycles. The van der Waals surface area contributed by atoms with Gasteiger partial charge in [-0.05, 0) is 6.42 Å². The summed E-state index contributed by atoms with van der Waals surface area (Å²) in [6.07, 6.45) is 2.67. The second kappa shape index (κ2) is 6.98. The summed E-state index contributed by atoms with van der Waals surface area (Å²) in [5.74, 6) is 0. The van der Waals surface area contributed by atoms with Gasteiger partial charge in [-0.3, -0.25) is 9.69 Å². The predicted molar refractivity (Wildman–Crippen MR) is 93.5 cm³/mol. The Bertz CT molecular complexity index is 736. The molecule has 23 heavy (non-hydrogen) atoms. The highest BCUT2D eigenvalue weighted by molar-refractivity contribution is 7.09. The molecule has 0 unspecified atom stereocenters. The second-order valence-electron chi connectivity index (χ2n) is 5.62. The topological polar surface area (TPSA) is 54.3 Å². The highest BCUT2D eigenvalue weighted by atomic mass is 35.5. The fourth-order valence-electron chi connectivity index (χ4n) is 2.68. The molecule has 6 nitrogen and oxygen atoms in total. The Balaban J connectivity index is 1.62. The summed E-state index contributed by atoms with van der Waals surface area (Å²) in [5, 5.41) is 7.66. The number of hydrogen-bond donors (Lipinski definition) is 0. The van der Waals surface area contributed by atoms with Gasteiger partial charge in [0, 0.05) is 45.2 Å². The van der Waals surface area contributed by atoms with E-state index in [2.05, 4.69) is 32.2 Å². The number of piperazine rings is 1. The van der Waals surface area contributed by atoms with Crippen molar-refractivity contribution in [3.8, 4) is 0 Å². The number of aryl methyl sites for hydroxylation is 2. The molecule has 0 spiro atoms. The summed E-state index contributed by atoms with van der Waals surface area (Å²) >= 11 is 7.91. The van der Waals surface area contributed by atoms with Gasteiger partial charge in [0.1, 0.15) is 5.02 Å². The fourth-order valence-corrected chi connectivity index (χ4v) is 3.71. The maximum atomic E-state index is 11.9. The highest BCUT2D eigenvalue weighted by Gasteiger charge is 2.21. The minimum absolute atomic E-state index is 0.249. The first-order valence-electron chi connectivity index (χ1n) is 7.71. The van der Waals surface area contributed by atoms with Crippen molar-refractivity contribution in [2.75, 3.05) is 31.1 Å². The van der Waals surface area contributed by atoms with Gasteiger partial charge in [-0.1, -0.05) is 18.5 Å². The van der Waals surface area contributed by atoms with E-state index in [-0.39, 0.29) is 10.6 Å². The van der Waals surface area contributed by atoms with Gasteiger partial charge in [0.05, 0.1) is 22.6 Å². The molecule has 0 bridgehead atoms. The van der Waals surface area contributed by atoms with Gasteiger partial charge in [-0.15, -0.1) is 11.3 Å². The maximum absolute atomic E-state index is 11.9. The largest absolute Gasteiger partial charge is 0.366 e. The van der Waals surface area contributed by atoms with E-state index in [0.29, 0.717) is 0 Å². The first kappa shape index (κ1) is 16.4. The summed E-state index contributed by atoms with van der Waals surface area (Å²) in [5.41, 5.74) is 1.63. The van der Waals surface area contributed by atoms with Gasteiger partial charge >= 0.3 is 0 Å². The molecule has 1 saturated heterocycles. The molecule has 0 saturated carbocycles. The quantitative estimate of drug-likeness (QED) is 0.838. The van der Waals surface area contributed by atoms with Crippen molar-refractivity contribution in [3.05, 3.63) is 37.7 Å². The Hall–Kier alpha value is -1.44. The molecule has 1 aliphatic rings. The van der Waals surface area contributed by atoms with Crippen LogP contribution in [0.4, 0.5) is 5.69 Å². The molecule has 2 aromatic rings. The number of thiazole rings is 1. The average molecular weight is 354 g/mol. The Labute approximate surface area is 144 Å². The normalized spacial score (nSPS) is 16.0. The zero-order chi connectivity index (χ0) is 16.4. The summed E-state index contributed by atoms with van der Waals surface area (Å²) in [6.45, 7) is 6.52. The predicted octanol–water partition coefficient (Wildman–Crippen LogP) is 1.77. The summed E-state index contributed by atoms with van der Waals surface area (Å²) < 4.78 is 1.26. The van der Waals surface area contributed by atoms with E-state index in [0.717, 1.165) is 50.5 Å². The monoisotopic (exact) mass is 353 g/mol. The van der Waals surface area contributed by atoms with Crippen LogP contribution in [0.15, 0.2) is 16.4 Å². The fraction of sp³-hybridized carbons (Fsp3) is 0.533. The zero-order valence-electron chi connectivity index (χ0n) is 13.3. The van der Waals surface area contributed by atoms with Gasteiger partial charge < -0.3 is 4.90 Å². The van der Waals surface area contributed by atoms with Crippen LogP contribution in [0.1, 0.15) is 17.6 Å². The highest BCUT2D eigenvalue weighted by Crippen LogP contribution is 2.22.